The van der Waals surface area contributed by atoms with Crippen molar-refractivity contribution in [3.63, 3.8) is 0 Å². The van der Waals surface area contributed by atoms with Crippen LogP contribution in [0.25, 0.3) is 0 Å². The first kappa shape index (κ1) is 15.5. The first-order chi connectivity index (χ1) is 10.7. The third kappa shape index (κ3) is 3.86. The number of rotatable bonds is 4. The van der Waals surface area contributed by atoms with Crippen LogP contribution < -0.4 is 5.32 Å². The maximum absolute atomic E-state index is 13.4. The summed E-state index contributed by atoms with van der Waals surface area (Å²) in [6, 6.07) is 7.32. The van der Waals surface area contributed by atoms with E-state index < -0.39 is 0 Å². The average Bonchev–Trinajstić information content (AvgIpc) is 2.96. The van der Waals surface area contributed by atoms with Crippen LogP contribution in [-0.2, 0) is 4.79 Å². The molecule has 1 amide bonds. The fourth-order valence-electron chi connectivity index (χ4n) is 3.81. The highest BCUT2D eigenvalue weighted by molar-refractivity contribution is 5.78. The molecule has 3 rings (SSSR count). The summed E-state index contributed by atoms with van der Waals surface area (Å²) >= 11 is 0. The molecule has 1 aromatic rings. The lowest BCUT2D eigenvalue weighted by molar-refractivity contribution is -0.123. The summed E-state index contributed by atoms with van der Waals surface area (Å²) in [5, 5.41) is 3.17. The number of hydrogen-bond donors (Lipinski definition) is 1. The summed E-state index contributed by atoms with van der Waals surface area (Å²) in [6.45, 7) is 1.34. The third-order valence-corrected chi connectivity index (χ3v) is 4.91. The van der Waals surface area contributed by atoms with Crippen molar-refractivity contribution in [1.29, 1.82) is 0 Å². The van der Waals surface area contributed by atoms with E-state index in [1.165, 1.54) is 25.3 Å². The van der Waals surface area contributed by atoms with Crippen molar-refractivity contribution in [3.8, 4) is 0 Å². The van der Waals surface area contributed by atoms with Gasteiger partial charge < -0.3 is 5.32 Å². The standard InChI is InChI=1S/C18H25FN2O/c19-15-7-4-6-14(12-15)17-10-5-11-21(17)13-18(22)20-16-8-2-1-3-9-16/h4,6-7,12,16-17H,1-3,5,8-11,13H2,(H,20,22). The molecule has 1 saturated heterocycles. The number of benzene rings is 1. The van der Waals surface area contributed by atoms with E-state index >= 15 is 0 Å². The zero-order valence-corrected chi connectivity index (χ0v) is 13.1. The first-order valence-corrected chi connectivity index (χ1v) is 8.51. The van der Waals surface area contributed by atoms with Gasteiger partial charge in [0.15, 0.2) is 0 Å². The van der Waals surface area contributed by atoms with E-state index in [0.29, 0.717) is 12.6 Å². The molecule has 0 bridgehead atoms. The summed E-state index contributed by atoms with van der Waals surface area (Å²) in [4.78, 5) is 14.5. The van der Waals surface area contributed by atoms with E-state index in [0.717, 1.165) is 37.8 Å². The van der Waals surface area contributed by atoms with Gasteiger partial charge in [0.25, 0.3) is 0 Å². The maximum atomic E-state index is 13.4. The Labute approximate surface area is 131 Å². The van der Waals surface area contributed by atoms with Crippen LogP contribution in [-0.4, -0.2) is 29.9 Å². The Bertz CT molecular complexity index is 514. The van der Waals surface area contributed by atoms with Crippen LogP contribution >= 0.6 is 0 Å². The highest BCUT2D eigenvalue weighted by Gasteiger charge is 2.28. The van der Waals surface area contributed by atoms with Crippen LogP contribution in [0.3, 0.4) is 0 Å². The van der Waals surface area contributed by atoms with Gasteiger partial charge in [-0.05, 0) is 49.9 Å². The number of carbonyl (C=O) groups is 1. The molecule has 1 atom stereocenters. The second-order valence-corrected chi connectivity index (χ2v) is 6.59. The van der Waals surface area contributed by atoms with Crippen LogP contribution in [0, 0.1) is 5.82 Å². The fraction of sp³-hybridized carbons (Fsp3) is 0.611. The summed E-state index contributed by atoms with van der Waals surface area (Å²) in [5.41, 5.74) is 0.989. The van der Waals surface area contributed by atoms with E-state index in [1.54, 1.807) is 12.1 Å². The van der Waals surface area contributed by atoms with Gasteiger partial charge in [-0.15, -0.1) is 0 Å². The first-order valence-electron chi connectivity index (χ1n) is 8.51. The molecule has 22 heavy (non-hydrogen) atoms. The molecule has 0 aromatic heterocycles. The van der Waals surface area contributed by atoms with E-state index in [1.807, 2.05) is 6.07 Å². The second-order valence-electron chi connectivity index (χ2n) is 6.59. The van der Waals surface area contributed by atoms with Gasteiger partial charge in [-0.2, -0.15) is 0 Å². The minimum Gasteiger partial charge on any atom is -0.352 e. The lowest BCUT2D eigenvalue weighted by Crippen LogP contribution is -2.42. The monoisotopic (exact) mass is 304 g/mol. The van der Waals surface area contributed by atoms with Gasteiger partial charge in [-0.3, -0.25) is 9.69 Å². The van der Waals surface area contributed by atoms with Crippen molar-refractivity contribution in [2.24, 2.45) is 0 Å². The minimum absolute atomic E-state index is 0.121. The number of nitrogens with zero attached hydrogens (tertiary/aromatic N) is 1. The molecule has 1 aliphatic heterocycles. The Morgan fingerprint density at radius 2 is 2.00 bits per heavy atom. The smallest absolute Gasteiger partial charge is 0.234 e. The van der Waals surface area contributed by atoms with Gasteiger partial charge in [0.2, 0.25) is 5.91 Å². The van der Waals surface area contributed by atoms with Crippen molar-refractivity contribution < 1.29 is 9.18 Å². The topological polar surface area (TPSA) is 32.3 Å². The summed E-state index contributed by atoms with van der Waals surface area (Å²) in [7, 11) is 0. The van der Waals surface area contributed by atoms with Gasteiger partial charge in [-0.1, -0.05) is 31.4 Å². The maximum Gasteiger partial charge on any atom is 0.234 e. The van der Waals surface area contributed by atoms with Gasteiger partial charge in [0, 0.05) is 12.1 Å². The predicted molar refractivity (Wildman–Crippen MR) is 85.0 cm³/mol. The SMILES string of the molecule is O=C(CN1CCCC1c1cccc(F)c1)NC1CCCCC1. The van der Waals surface area contributed by atoms with Crippen LogP contribution in [0.4, 0.5) is 4.39 Å². The fourth-order valence-corrected chi connectivity index (χ4v) is 3.81. The number of halogens is 1. The third-order valence-electron chi connectivity index (χ3n) is 4.91. The van der Waals surface area contributed by atoms with Gasteiger partial charge in [0.1, 0.15) is 5.82 Å². The Hall–Kier alpha value is -1.42. The minimum atomic E-state index is -0.198. The van der Waals surface area contributed by atoms with E-state index in [-0.39, 0.29) is 17.8 Å². The Kier molecular flexibility index (Phi) is 5.08. The Balaban J connectivity index is 1.57. The molecule has 0 radical (unpaired) electrons. The van der Waals surface area contributed by atoms with E-state index in [9.17, 15) is 9.18 Å². The molecule has 2 aliphatic rings. The molecule has 120 valence electrons. The summed E-state index contributed by atoms with van der Waals surface area (Å²) < 4.78 is 13.4. The number of amides is 1. The molecule has 0 spiro atoms. The largest absolute Gasteiger partial charge is 0.352 e. The molecule has 2 fully saturated rings. The molecule has 1 aliphatic carbocycles. The normalized spacial score (nSPS) is 23.6. The lowest BCUT2D eigenvalue weighted by atomic mass is 9.95. The van der Waals surface area contributed by atoms with E-state index in [2.05, 4.69) is 10.2 Å². The number of likely N-dealkylation sites (tertiary alicyclic amines) is 1. The van der Waals surface area contributed by atoms with Crippen LogP contribution in [0.2, 0.25) is 0 Å². The highest BCUT2D eigenvalue weighted by Crippen LogP contribution is 2.31. The summed E-state index contributed by atoms with van der Waals surface area (Å²) in [6.07, 6.45) is 8.03. The Morgan fingerprint density at radius 3 is 2.77 bits per heavy atom. The molecule has 1 N–H and O–H groups in total. The van der Waals surface area contributed by atoms with Gasteiger partial charge >= 0.3 is 0 Å². The number of nitrogens with one attached hydrogen (secondary N) is 1. The van der Waals surface area contributed by atoms with Crippen molar-refractivity contribution in [2.45, 2.75) is 57.0 Å². The van der Waals surface area contributed by atoms with E-state index in [4.69, 9.17) is 0 Å². The summed E-state index contributed by atoms with van der Waals surface area (Å²) in [5.74, 6) is -0.0776. The molecular weight excluding hydrogens is 279 g/mol. The lowest BCUT2D eigenvalue weighted by Gasteiger charge is -2.27. The number of hydrogen-bond acceptors (Lipinski definition) is 2. The van der Waals surface area contributed by atoms with Crippen molar-refractivity contribution >= 4 is 5.91 Å². The molecular formula is C18H25FN2O. The zero-order valence-electron chi connectivity index (χ0n) is 13.1. The number of carbonyl (C=O) groups excluding carboxylic acids is 1. The van der Waals surface area contributed by atoms with Crippen LogP contribution in [0.5, 0.6) is 0 Å². The highest BCUT2D eigenvalue weighted by atomic mass is 19.1. The molecule has 1 aromatic carbocycles. The van der Waals surface area contributed by atoms with Crippen LogP contribution in [0.1, 0.15) is 56.6 Å². The second kappa shape index (κ2) is 7.23. The molecule has 3 nitrogen and oxygen atoms in total. The zero-order chi connectivity index (χ0) is 15.4. The van der Waals surface area contributed by atoms with Gasteiger partial charge in [0.05, 0.1) is 6.54 Å². The molecule has 1 heterocycles. The quantitative estimate of drug-likeness (QED) is 0.924. The predicted octanol–water partition coefficient (Wildman–Crippen LogP) is 3.41. The Morgan fingerprint density at radius 1 is 1.18 bits per heavy atom. The van der Waals surface area contributed by atoms with Crippen molar-refractivity contribution in [1.82, 2.24) is 10.2 Å². The molecule has 4 heteroatoms. The van der Waals surface area contributed by atoms with Crippen LogP contribution in [0.15, 0.2) is 24.3 Å². The van der Waals surface area contributed by atoms with Gasteiger partial charge in [-0.25, -0.2) is 4.39 Å². The average molecular weight is 304 g/mol. The van der Waals surface area contributed by atoms with Crippen molar-refractivity contribution in [2.75, 3.05) is 13.1 Å². The molecule has 1 saturated carbocycles. The van der Waals surface area contributed by atoms with Crippen molar-refractivity contribution in [3.05, 3.63) is 35.6 Å². The molecule has 1 unspecified atom stereocenters.